The molecule has 160 valence electrons. The van der Waals surface area contributed by atoms with E-state index in [1.807, 2.05) is 11.0 Å². The van der Waals surface area contributed by atoms with Crippen molar-refractivity contribution in [1.82, 2.24) is 4.90 Å². The maximum absolute atomic E-state index is 13.1. The van der Waals surface area contributed by atoms with Gasteiger partial charge in [-0.05, 0) is 30.3 Å². The van der Waals surface area contributed by atoms with Crippen LogP contribution in [0.15, 0.2) is 54.2 Å². The molecule has 1 heterocycles. The van der Waals surface area contributed by atoms with Crippen molar-refractivity contribution in [2.24, 2.45) is 0 Å². The van der Waals surface area contributed by atoms with Crippen LogP contribution in [0.3, 0.4) is 0 Å². The van der Waals surface area contributed by atoms with E-state index in [1.54, 1.807) is 17.0 Å². The topological polar surface area (TPSA) is 112 Å². The maximum Gasteiger partial charge on any atom is 0.271 e. The number of piperazine rings is 1. The lowest BCUT2D eigenvalue weighted by atomic mass is 10.2. The highest BCUT2D eigenvalue weighted by Gasteiger charge is 2.24. The molecule has 1 N–H and O–H groups in total. The number of carbonyl (C=O) groups excluding carboxylic acids is 1. The molecule has 1 aliphatic heterocycles. The van der Waals surface area contributed by atoms with Crippen LogP contribution in [0.25, 0.3) is 0 Å². The second-order valence-electron chi connectivity index (χ2n) is 6.71. The number of non-ortho nitro benzene ring substituents is 1. The van der Waals surface area contributed by atoms with Crippen molar-refractivity contribution in [2.75, 3.05) is 43.5 Å². The minimum Gasteiger partial charge on any atom is -0.495 e. The molecule has 0 bridgehead atoms. The largest absolute Gasteiger partial charge is 0.495 e. The summed E-state index contributed by atoms with van der Waals surface area (Å²) in [6.07, 6.45) is 1.22. The molecule has 2 aromatic carbocycles. The molecular formula is C21H20FN5O4. The average molecular weight is 425 g/mol. The summed E-state index contributed by atoms with van der Waals surface area (Å²) >= 11 is 0. The third-order valence-corrected chi connectivity index (χ3v) is 4.88. The van der Waals surface area contributed by atoms with Gasteiger partial charge in [0.05, 0.1) is 17.7 Å². The smallest absolute Gasteiger partial charge is 0.271 e. The highest BCUT2D eigenvalue weighted by molar-refractivity contribution is 5.97. The van der Waals surface area contributed by atoms with Crippen molar-refractivity contribution in [3.63, 3.8) is 0 Å². The Hall–Kier alpha value is -4.13. The average Bonchev–Trinajstić information content (AvgIpc) is 2.79. The minimum absolute atomic E-state index is 0.135. The highest BCUT2D eigenvalue weighted by atomic mass is 19.1. The first kappa shape index (κ1) is 21.6. The maximum atomic E-state index is 13.1. The van der Waals surface area contributed by atoms with Gasteiger partial charge in [-0.2, -0.15) is 5.26 Å². The van der Waals surface area contributed by atoms with Crippen LogP contribution in [-0.4, -0.2) is 49.0 Å². The second kappa shape index (κ2) is 9.58. The summed E-state index contributed by atoms with van der Waals surface area (Å²) in [5.41, 5.74) is 0.838. The number of hydrogen-bond acceptors (Lipinski definition) is 7. The van der Waals surface area contributed by atoms with E-state index in [0.717, 1.165) is 5.69 Å². The monoisotopic (exact) mass is 425 g/mol. The molecule has 0 spiro atoms. The van der Waals surface area contributed by atoms with Crippen molar-refractivity contribution >= 4 is 23.0 Å². The van der Waals surface area contributed by atoms with Gasteiger partial charge in [0.15, 0.2) is 0 Å². The highest BCUT2D eigenvalue weighted by Crippen LogP contribution is 2.29. The van der Waals surface area contributed by atoms with Crippen LogP contribution in [-0.2, 0) is 4.79 Å². The summed E-state index contributed by atoms with van der Waals surface area (Å²) in [5.74, 6) is -0.424. The van der Waals surface area contributed by atoms with E-state index in [4.69, 9.17) is 4.74 Å². The molecule has 1 aliphatic rings. The summed E-state index contributed by atoms with van der Waals surface area (Å²) in [6.45, 7) is 1.88. The standard InChI is InChI=1S/C21H20FN5O4/c1-31-20-7-6-18(27(29)30)12-19(20)24-14-15(13-23)21(28)26-10-8-25(9-11-26)17-4-2-16(22)3-5-17/h2-7,12,14,24H,8-11H2,1H3/b15-14-. The van der Waals surface area contributed by atoms with Gasteiger partial charge in [-0.25, -0.2) is 4.39 Å². The summed E-state index contributed by atoms with van der Waals surface area (Å²) < 4.78 is 18.3. The van der Waals surface area contributed by atoms with E-state index in [9.17, 15) is 24.6 Å². The lowest BCUT2D eigenvalue weighted by Gasteiger charge is -2.36. The van der Waals surface area contributed by atoms with Gasteiger partial charge < -0.3 is 19.9 Å². The number of carbonyl (C=O) groups is 1. The van der Waals surface area contributed by atoms with Crippen LogP contribution in [0.2, 0.25) is 0 Å². The fourth-order valence-electron chi connectivity index (χ4n) is 3.20. The first-order valence-electron chi connectivity index (χ1n) is 9.42. The lowest BCUT2D eigenvalue weighted by molar-refractivity contribution is -0.384. The van der Waals surface area contributed by atoms with Gasteiger partial charge in [-0.15, -0.1) is 0 Å². The van der Waals surface area contributed by atoms with E-state index in [-0.39, 0.29) is 22.8 Å². The number of nitro benzene ring substituents is 1. The Balaban J connectivity index is 1.67. The first-order valence-corrected chi connectivity index (χ1v) is 9.42. The molecule has 0 radical (unpaired) electrons. The zero-order chi connectivity index (χ0) is 22.4. The van der Waals surface area contributed by atoms with E-state index < -0.39 is 10.8 Å². The van der Waals surface area contributed by atoms with Crippen LogP contribution >= 0.6 is 0 Å². The van der Waals surface area contributed by atoms with Gasteiger partial charge in [0, 0.05) is 50.2 Å². The fourth-order valence-corrected chi connectivity index (χ4v) is 3.20. The van der Waals surface area contributed by atoms with Crippen molar-refractivity contribution in [3.8, 4) is 11.8 Å². The van der Waals surface area contributed by atoms with Gasteiger partial charge in [-0.3, -0.25) is 14.9 Å². The van der Waals surface area contributed by atoms with Crippen molar-refractivity contribution in [1.29, 1.82) is 5.26 Å². The zero-order valence-electron chi connectivity index (χ0n) is 16.7. The predicted molar refractivity (Wildman–Crippen MR) is 112 cm³/mol. The molecule has 0 aromatic heterocycles. The van der Waals surface area contributed by atoms with E-state index in [1.165, 1.54) is 43.6 Å². The lowest BCUT2D eigenvalue weighted by Crippen LogP contribution is -2.49. The molecule has 9 nitrogen and oxygen atoms in total. The van der Waals surface area contributed by atoms with Gasteiger partial charge in [0.25, 0.3) is 11.6 Å². The number of halogens is 1. The SMILES string of the molecule is COc1ccc([N+](=O)[O-])cc1N/C=C(/C#N)C(=O)N1CCN(c2ccc(F)cc2)CC1. The number of ether oxygens (including phenoxy) is 1. The van der Waals surface area contributed by atoms with E-state index in [0.29, 0.717) is 31.9 Å². The summed E-state index contributed by atoms with van der Waals surface area (Å²) in [6, 6.07) is 12.0. The molecule has 0 aliphatic carbocycles. The second-order valence-corrected chi connectivity index (χ2v) is 6.71. The van der Waals surface area contributed by atoms with Crippen LogP contribution in [0.4, 0.5) is 21.5 Å². The van der Waals surface area contributed by atoms with Gasteiger partial charge in [0.2, 0.25) is 0 Å². The molecule has 1 fully saturated rings. The van der Waals surface area contributed by atoms with Gasteiger partial charge >= 0.3 is 0 Å². The van der Waals surface area contributed by atoms with Crippen LogP contribution < -0.4 is 15.0 Å². The third-order valence-electron chi connectivity index (χ3n) is 4.88. The van der Waals surface area contributed by atoms with Crippen molar-refractivity contribution < 1.29 is 18.8 Å². The number of nitrogens with zero attached hydrogens (tertiary/aromatic N) is 4. The summed E-state index contributed by atoms with van der Waals surface area (Å²) in [5, 5.41) is 23.2. The third kappa shape index (κ3) is 5.08. The molecule has 0 atom stereocenters. The number of rotatable bonds is 6. The number of benzene rings is 2. The Bertz CT molecular complexity index is 1040. The van der Waals surface area contributed by atoms with E-state index >= 15 is 0 Å². The molecule has 0 saturated carbocycles. The molecule has 0 unspecified atom stereocenters. The molecule has 1 amide bonds. The summed E-state index contributed by atoms with van der Waals surface area (Å²) in [4.78, 5) is 26.8. The fraction of sp³-hybridized carbons (Fsp3) is 0.238. The number of methoxy groups -OCH3 is 1. The normalized spacial score (nSPS) is 14.0. The van der Waals surface area contributed by atoms with Gasteiger partial charge in [0.1, 0.15) is 23.2 Å². The number of anilines is 2. The minimum atomic E-state index is -0.550. The molecule has 3 rings (SSSR count). The first-order chi connectivity index (χ1) is 14.9. The van der Waals surface area contributed by atoms with E-state index in [2.05, 4.69) is 5.32 Å². The Labute approximate surface area is 178 Å². The molecule has 2 aromatic rings. The Morgan fingerprint density at radius 2 is 1.90 bits per heavy atom. The van der Waals surface area contributed by atoms with Crippen LogP contribution in [0, 0.1) is 27.3 Å². The molecule has 1 saturated heterocycles. The quantitative estimate of drug-likeness (QED) is 0.328. The Morgan fingerprint density at radius 3 is 2.48 bits per heavy atom. The molecular weight excluding hydrogens is 405 g/mol. The summed E-state index contributed by atoms with van der Waals surface area (Å²) in [7, 11) is 1.41. The zero-order valence-corrected chi connectivity index (χ0v) is 16.7. The molecule has 10 heteroatoms. The van der Waals surface area contributed by atoms with Crippen molar-refractivity contribution in [2.45, 2.75) is 0 Å². The number of nitrogens with one attached hydrogen (secondary N) is 1. The van der Waals surface area contributed by atoms with Gasteiger partial charge in [-0.1, -0.05) is 0 Å². The Morgan fingerprint density at radius 1 is 1.23 bits per heavy atom. The number of nitriles is 1. The molecule has 31 heavy (non-hydrogen) atoms. The van der Waals surface area contributed by atoms with Crippen LogP contribution in [0.1, 0.15) is 0 Å². The van der Waals surface area contributed by atoms with Crippen LogP contribution in [0.5, 0.6) is 5.75 Å². The number of hydrogen-bond donors (Lipinski definition) is 1. The number of nitro groups is 1. The van der Waals surface area contributed by atoms with Crippen molar-refractivity contribution in [3.05, 3.63) is 70.2 Å². The predicted octanol–water partition coefficient (Wildman–Crippen LogP) is 2.91. The number of amides is 1. The Kier molecular flexibility index (Phi) is 6.67.